The highest BCUT2D eigenvalue weighted by atomic mass is 16.5. The van der Waals surface area contributed by atoms with E-state index in [0.717, 1.165) is 39.3 Å². The Labute approximate surface area is 236 Å². The van der Waals surface area contributed by atoms with Crippen molar-refractivity contribution in [2.75, 3.05) is 0 Å². The molecule has 0 bridgehead atoms. The lowest BCUT2D eigenvalue weighted by molar-refractivity contribution is 0.141. The fourth-order valence-electron chi connectivity index (χ4n) is 6.51. The molecule has 6 heteroatoms. The van der Waals surface area contributed by atoms with Crippen molar-refractivity contribution in [1.82, 2.24) is 4.98 Å². The number of ether oxygens (including phenoxy) is 2. The van der Waals surface area contributed by atoms with Gasteiger partial charge in [-0.15, -0.1) is 0 Å². The number of aryl methyl sites for hydroxylation is 1. The number of fused-ring (bicyclic) bond motifs is 7. The predicted molar refractivity (Wildman–Crippen MR) is 160 cm³/mol. The Kier molecular flexibility index (Phi) is 5.02. The Morgan fingerprint density at radius 2 is 1.76 bits per heavy atom. The number of aromatic hydroxyl groups is 1. The van der Waals surface area contributed by atoms with Crippen LogP contribution >= 0.6 is 0 Å². The molecule has 0 spiro atoms. The summed E-state index contributed by atoms with van der Waals surface area (Å²) < 4.78 is 19.3. The maximum atomic E-state index is 10.5. The molecular formula is C35H28N2O4. The number of phenols is 1. The van der Waals surface area contributed by atoms with E-state index < -0.39 is 0 Å². The third kappa shape index (κ3) is 3.78. The van der Waals surface area contributed by atoms with Crippen molar-refractivity contribution < 1.29 is 19.0 Å². The van der Waals surface area contributed by atoms with Crippen molar-refractivity contribution >= 4 is 38.7 Å². The van der Waals surface area contributed by atoms with E-state index >= 15 is 0 Å². The first-order valence-corrected chi connectivity index (χ1v) is 13.9. The monoisotopic (exact) mass is 540 g/mol. The summed E-state index contributed by atoms with van der Waals surface area (Å²) in [6, 6.07) is 27.8. The van der Waals surface area contributed by atoms with Crippen LogP contribution in [0.2, 0.25) is 0 Å². The molecule has 0 saturated heterocycles. The van der Waals surface area contributed by atoms with Crippen LogP contribution in [0.4, 0.5) is 0 Å². The number of hydrogen-bond acceptors (Lipinski definition) is 6. The summed E-state index contributed by atoms with van der Waals surface area (Å²) in [5, 5.41) is 13.3. The molecule has 0 radical (unpaired) electrons. The smallest absolute Gasteiger partial charge is 0.220 e. The van der Waals surface area contributed by atoms with Gasteiger partial charge in [0.1, 0.15) is 29.0 Å². The predicted octanol–water partition coefficient (Wildman–Crippen LogP) is 8.51. The van der Waals surface area contributed by atoms with Crippen LogP contribution in [-0.2, 0) is 10.2 Å². The zero-order chi connectivity index (χ0) is 27.9. The Hall–Kier alpha value is -4.84. The lowest BCUT2D eigenvalue weighted by Crippen LogP contribution is -2.35. The topological polar surface area (TPSA) is 77.1 Å². The van der Waals surface area contributed by atoms with Gasteiger partial charge >= 0.3 is 0 Å². The number of hydrogen-bond donors (Lipinski definition) is 1. The molecule has 1 aliphatic carbocycles. The Morgan fingerprint density at radius 1 is 0.927 bits per heavy atom. The number of phenolic OH excluding ortho intramolecular Hbond substituents is 1. The fraction of sp³-hybridized carbons (Fsp3) is 0.200. The molecule has 202 valence electrons. The molecule has 6 nitrogen and oxygen atoms in total. The Balaban J connectivity index is 1.26. The molecule has 3 heterocycles. The normalized spacial score (nSPS) is 19.1. The molecule has 2 aromatic heterocycles. The van der Waals surface area contributed by atoms with Crippen LogP contribution < -0.4 is 4.74 Å². The number of pyridine rings is 1. The lowest BCUT2D eigenvalue weighted by atomic mass is 9.70. The standard InChI is InChI=1S/C35H28N2O4/c1-19-14-20-12-13-30(36-31(20)26(38)15-19)39-28-17-21(16-24-22-8-5-7-11-27(22)40-33(24)28)34-37-32-23-9-4-6-10-25(23)35(2,3)18-29(32)41-34/h4-17,29,32,38H,18H2,1-3H3/t29-,32-/m0/s1. The number of aromatic nitrogens is 1. The van der Waals surface area contributed by atoms with Crippen LogP contribution in [0, 0.1) is 6.92 Å². The molecule has 41 heavy (non-hydrogen) atoms. The van der Waals surface area contributed by atoms with Crippen LogP contribution in [0.3, 0.4) is 0 Å². The van der Waals surface area contributed by atoms with Crippen molar-refractivity contribution in [3.05, 3.63) is 107 Å². The summed E-state index contributed by atoms with van der Waals surface area (Å²) in [6.07, 6.45) is 0.843. The summed E-state index contributed by atoms with van der Waals surface area (Å²) in [6.45, 7) is 6.49. The SMILES string of the molecule is Cc1cc(O)c2nc(Oc3cc(C4=N[C@H]5c6ccccc6C(C)(C)C[C@@H]5O4)cc4c3oc3ccccc34)ccc2c1. The van der Waals surface area contributed by atoms with Crippen LogP contribution in [0.1, 0.15) is 48.6 Å². The van der Waals surface area contributed by atoms with Gasteiger partial charge in [-0.1, -0.05) is 56.3 Å². The Morgan fingerprint density at radius 3 is 2.66 bits per heavy atom. The third-order valence-corrected chi connectivity index (χ3v) is 8.39. The van der Waals surface area contributed by atoms with E-state index in [1.54, 1.807) is 12.1 Å². The van der Waals surface area contributed by atoms with E-state index in [9.17, 15) is 5.11 Å². The second-order valence-corrected chi connectivity index (χ2v) is 11.8. The summed E-state index contributed by atoms with van der Waals surface area (Å²) in [4.78, 5) is 9.75. The Bertz CT molecular complexity index is 2060. The molecule has 2 aliphatic rings. The van der Waals surface area contributed by atoms with Gasteiger partial charge < -0.3 is 19.0 Å². The molecular weight excluding hydrogens is 512 g/mol. The van der Waals surface area contributed by atoms with E-state index in [0.29, 0.717) is 28.6 Å². The van der Waals surface area contributed by atoms with Crippen molar-refractivity contribution in [2.45, 2.75) is 44.8 Å². The second-order valence-electron chi connectivity index (χ2n) is 11.8. The highest BCUT2D eigenvalue weighted by molar-refractivity contribution is 6.10. The second kappa shape index (κ2) is 8.58. The number of benzene rings is 4. The van der Waals surface area contributed by atoms with E-state index in [-0.39, 0.29) is 23.3 Å². The zero-order valence-electron chi connectivity index (χ0n) is 23.0. The molecule has 2 atom stereocenters. The summed E-state index contributed by atoms with van der Waals surface area (Å²) >= 11 is 0. The van der Waals surface area contributed by atoms with Gasteiger partial charge in [0, 0.05) is 27.8 Å². The molecule has 1 N–H and O–H groups in total. The maximum absolute atomic E-state index is 10.5. The van der Waals surface area contributed by atoms with E-state index in [2.05, 4.69) is 49.2 Å². The van der Waals surface area contributed by atoms with Crippen LogP contribution in [0.25, 0.3) is 32.8 Å². The fourth-order valence-corrected chi connectivity index (χ4v) is 6.51. The lowest BCUT2D eigenvalue weighted by Gasteiger charge is -2.37. The van der Waals surface area contributed by atoms with Gasteiger partial charge in [0.05, 0.1) is 0 Å². The van der Waals surface area contributed by atoms with Gasteiger partial charge in [-0.25, -0.2) is 9.98 Å². The quantitative estimate of drug-likeness (QED) is 0.243. The number of nitrogens with zero attached hydrogens (tertiary/aromatic N) is 2. The van der Waals surface area contributed by atoms with Crippen LogP contribution in [0.5, 0.6) is 17.4 Å². The molecule has 0 amide bonds. The largest absolute Gasteiger partial charge is 0.506 e. The van der Waals surface area contributed by atoms with Gasteiger partial charge in [-0.3, -0.25) is 0 Å². The summed E-state index contributed by atoms with van der Waals surface area (Å²) in [5.41, 5.74) is 6.21. The zero-order valence-corrected chi connectivity index (χ0v) is 23.0. The van der Waals surface area contributed by atoms with Crippen molar-refractivity contribution in [3.8, 4) is 17.4 Å². The van der Waals surface area contributed by atoms with Gasteiger partial charge in [-0.05, 0) is 71.8 Å². The van der Waals surface area contributed by atoms with Crippen LogP contribution in [-0.4, -0.2) is 22.1 Å². The number of para-hydroxylation sites is 1. The maximum Gasteiger partial charge on any atom is 0.220 e. The van der Waals surface area contributed by atoms with Crippen molar-refractivity contribution in [3.63, 3.8) is 0 Å². The molecule has 0 unspecified atom stereocenters. The van der Waals surface area contributed by atoms with Gasteiger partial charge in [0.15, 0.2) is 11.3 Å². The summed E-state index contributed by atoms with van der Waals surface area (Å²) in [5.74, 6) is 1.58. The molecule has 6 aromatic rings. The summed E-state index contributed by atoms with van der Waals surface area (Å²) in [7, 11) is 0. The number of aliphatic imine (C=N–C) groups is 1. The highest BCUT2D eigenvalue weighted by Crippen LogP contribution is 2.48. The van der Waals surface area contributed by atoms with Gasteiger partial charge in [-0.2, -0.15) is 0 Å². The minimum Gasteiger partial charge on any atom is -0.506 e. The molecule has 4 aromatic carbocycles. The van der Waals surface area contributed by atoms with E-state index in [1.165, 1.54) is 11.1 Å². The first-order valence-electron chi connectivity index (χ1n) is 13.9. The molecule has 0 fully saturated rings. The first kappa shape index (κ1) is 24.0. The van der Waals surface area contributed by atoms with E-state index in [1.807, 2.05) is 49.4 Å². The van der Waals surface area contributed by atoms with Crippen molar-refractivity contribution in [2.24, 2.45) is 4.99 Å². The average Bonchev–Trinajstić information content (AvgIpc) is 3.55. The number of furan rings is 1. The van der Waals surface area contributed by atoms with E-state index in [4.69, 9.17) is 18.9 Å². The van der Waals surface area contributed by atoms with Gasteiger partial charge in [0.2, 0.25) is 11.8 Å². The highest BCUT2D eigenvalue weighted by Gasteiger charge is 2.44. The van der Waals surface area contributed by atoms with Crippen molar-refractivity contribution in [1.29, 1.82) is 0 Å². The molecule has 8 rings (SSSR count). The first-order chi connectivity index (χ1) is 19.8. The van der Waals surface area contributed by atoms with Gasteiger partial charge in [0.25, 0.3) is 0 Å². The minimum atomic E-state index is -0.0519. The minimum absolute atomic E-state index is 0.00638. The van der Waals surface area contributed by atoms with Crippen LogP contribution in [0.15, 0.2) is 94.3 Å². The molecule has 0 saturated carbocycles. The third-order valence-electron chi connectivity index (χ3n) is 8.39. The number of rotatable bonds is 3. The average molecular weight is 541 g/mol. The molecule has 1 aliphatic heterocycles.